The molecule has 1 saturated carbocycles. The van der Waals surface area contributed by atoms with Gasteiger partial charge < -0.3 is 25.9 Å². The molecule has 2 amide bonds. The Kier molecular flexibility index (Phi) is 7.97. The Morgan fingerprint density at radius 1 is 1.28 bits per heavy atom. The van der Waals surface area contributed by atoms with Crippen LogP contribution in [0.25, 0.3) is 10.9 Å². The Morgan fingerprint density at radius 2 is 2.03 bits per heavy atom. The molecule has 0 saturated heterocycles. The highest BCUT2D eigenvalue weighted by atomic mass is 35.5. The predicted octanol–water partition coefficient (Wildman–Crippen LogP) is 1.88. The predicted molar refractivity (Wildman–Crippen MR) is 132 cm³/mol. The molecular weight excluding hydrogens is 489 g/mol. The SMILES string of the molecule is NC(=O)c1nn(CC(=O)N(C(C=O)CNCc2cccc(Cl)c2F)[C@H]2C[C@@H](CO)C2)c2ccccc12. The van der Waals surface area contributed by atoms with Crippen LogP contribution in [0.3, 0.4) is 0 Å². The average molecular weight is 516 g/mol. The van der Waals surface area contributed by atoms with Crippen LogP contribution in [0.15, 0.2) is 42.5 Å². The summed E-state index contributed by atoms with van der Waals surface area (Å²) in [7, 11) is 0. The fraction of sp³-hybridized carbons (Fsp3) is 0.360. The summed E-state index contributed by atoms with van der Waals surface area (Å²) in [5.74, 6) is -1.56. The highest BCUT2D eigenvalue weighted by Gasteiger charge is 2.39. The number of aliphatic hydroxyl groups excluding tert-OH is 1. The number of nitrogens with one attached hydrogen (secondary N) is 1. The molecule has 1 aromatic heterocycles. The molecule has 1 heterocycles. The summed E-state index contributed by atoms with van der Waals surface area (Å²) in [5.41, 5.74) is 6.44. The Hall–Kier alpha value is -3.34. The summed E-state index contributed by atoms with van der Waals surface area (Å²) in [6, 6.07) is 10.5. The van der Waals surface area contributed by atoms with E-state index in [1.54, 1.807) is 36.4 Å². The topological polar surface area (TPSA) is 131 Å². The molecule has 0 bridgehead atoms. The number of para-hydroxylation sites is 1. The van der Waals surface area contributed by atoms with Crippen molar-refractivity contribution in [3.05, 3.63) is 64.6 Å². The van der Waals surface area contributed by atoms with Crippen LogP contribution in [-0.2, 0) is 22.7 Å². The van der Waals surface area contributed by atoms with E-state index in [4.69, 9.17) is 17.3 Å². The van der Waals surface area contributed by atoms with Crippen LogP contribution in [0.5, 0.6) is 0 Å². The van der Waals surface area contributed by atoms with Gasteiger partial charge in [0.25, 0.3) is 5.91 Å². The lowest BCUT2D eigenvalue weighted by Crippen LogP contribution is -2.57. The number of nitrogens with zero attached hydrogens (tertiary/aromatic N) is 3. The number of benzene rings is 2. The van der Waals surface area contributed by atoms with Crippen LogP contribution in [0.2, 0.25) is 5.02 Å². The normalized spacial score (nSPS) is 18.0. The van der Waals surface area contributed by atoms with Gasteiger partial charge in [0.1, 0.15) is 24.7 Å². The second-order valence-corrected chi connectivity index (χ2v) is 9.32. The molecule has 9 nitrogen and oxygen atoms in total. The van der Waals surface area contributed by atoms with Crippen LogP contribution < -0.4 is 11.1 Å². The van der Waals surface area contributed by atoms with Crippen molar-refractivity contribution in [2.24, 2.45) is 11.7 Å². The van der Waals surface area contributed by atoms with E-state index < -0.39 is 17.8 Å². The van der Waals surface area contributed by atoms with Crippen molar-refractivity contribution in [2.45, 2.75) is 38.0 Å². The van der Waals surface area contributed by atoms with E-state index in [1.165, 1.54) is 15.6 Å². The van der Waals surface area contributed by atoms with E-state index in [0.29, 0.717) is 35.6 Å². The number of aliphatic hydroxyl groups is 1. The molecule has 1 aliphatic rings. The summed E-state index contributed by atoms with van der Waals surface area (Å²) in [4.78, 5) is 39.0. The van der Waals surface area contributed by atoms with Crippen molar-refractivity contribution < 1.29 is 23.9 Å². The fourth-order valence-corrected chi connectivity index (χ4v) is 4.82. The van der Waals surface area contributed by atoms with E-state index in [1.807, 2.05) is 0 Å². The first kappa shape index (κ1) is 25.7. The number of nitrogens with two attached hydrogens (primary N) is 1. The molecule has 11 heteroatoms. The lowest BCUT2D eigenvalue weighted by molar-refractivity contribution is -0.143. The molecule has 2 aromatic carbocycles. The van der Waals surface area contributed by atoms with E-state index in [0.717, 1.165) is 0 Å². The monoisotopic (exact) mass is 515 g/mol. The quantitative estimate of drug-likeness (QED) is 0.334. The second-order valence-electron chi connectivity index (χ2n) is 8.91. The Bertz CT molecular complexity index is 1280. The number of hydrogen-bond acceptors (Lipinski definition) is 6. The van der Waals surface area contributed by atoms with E-state index >= 15 is 0 Å². The first-order chi connectivity index (χ1) is 17.3. The number of aldehydes is 1. The summed E-state index contributed by atoms with van der Waals surface area (Å²) < 4.78 is 15.6. The van der Waals surface area contributed by atoms with E-state index in [2.05, 4.69) is 10.4 Å². The standard InChI is InChI=1S/C25H27ClFN5O4/c26-20-6-3-4-16(23(20)27)10-29-11-18(14-34)32(17-8-15(9-17)13-33)22(35)12-31-21-7-2-1-5-19(21)24(30-31)25(28)36/h1-7,14-15,17-18,29,33H,8-13H2,(H2,28,36)/t15-,17+,18?. The third-order valence-corrected chi connectivity index (χ3v) is 6.83. The lowest BCUT2D eigenvalue weighted by Gasteiger charge is -2.44. The second kappa shape index (κ2) is 11.2. The molecule has 0 aliphatic heterocycles. The first-order valence-corrected chi connectivity index (χ1v) is 12.0. The minimum absolute atomic E-state index is 0.00233. The number of carbonyl (C=O) groups is 3. The van der Waals surface area contributed by atoms with Gasteiger partial charge in [-0.3, -0.25) is 14.3 Å². The Balaban J connectivity index is 1.53. The zero-order valence-corrected chi connectivity index (χ0v) is 20.2. The molecule has 1 atom stereocenters. The van der Waals surface area contributed by atoms with E-state index in [-0.39, 0.29) is 54.8 Å². The van der Waals surface area contributed by atoms with Gasteiger partial charge in [-0.05, 0) is 30.9 Å². The molecule has 190 valence electrons. The molecule has 36 heavy (non-hydrogen) atoms. The number of hydrogen-bond donors (Lipinski definition) is 3. The highest BCUT2D eigenvalue weighted by molar-refractivity contribution is 6.30. The van der Waals surface area contributed by atoms with Crippen LogP contribution in [0.4, 0.5) is 4.39 Å². The number of carbonyl (C=O) groups excluding carboxylic acids is 3. The molecule has 0 spiro atoms. The van der Waals surface area contributed by atoms with Gasteiger partial charge in [0.15, 0.2) is 5.69 Å². The summed E-state index contributed by atoms with van der Waals surface area (Å²) in [6.07, 6.45) is 1.80. The van der Waals surface area contributed by atoms with Crippen molar-refractivity contribution in [3.63, 3.8) is 0 Å². The van der Waals surface area contributed by atoms with Gasteiger partial charge in [-0.2, -0.15) is 5.10 Å². The molecule has 3 aromatic rings. The van der Waals surface area contributed by atoms with Crippen molar-refractivity contribution >= 4 is 40.6 Å². The van der Waals surface area contributed by atoms with Gasteiger partial charge in [0.05, 0.1) is 10.5 Å². The summed E-state index contributed by atoms with van der Waals surface area (Å²) in [5, 5.41) is 17.3. The minimum Gasteiger partial charge on any atom is -0.396 e. The molecule has 1 unspecified atom stereocenters. The van der Waals surface area contributed by atoms with Gasteiger partial charge in [-0.15, -0.1) is 0 Å². The molecule has 1 aliphatic carbocycles. The van der Waals surface area contributed by atoms with Gasteiger partial charge in [-0.1, -0.05) is 41.9 Å². The molecule has 4 N–H and O–H groups in total. The number of halogens is 2. The van der Waals surface area contributed by atoms with Gasteiger partial charge in [-0.25, -0.2) is 4.39 Å². The summed E-state index contributed by atoms with van der Waals surface area (Å²) in [6.45, 7) is 0.00598. The van der Waals surface area contributed by atoms with Crippen molar-refractivity contribution in [2.75, 3.05) is 13.2 Å². The van der Waals surface area contributed by atoms with E-state index in [9.17, 15) is 23.9 Å². The minimum atomic E-state index is -0.832. The number of aromatic nitrogens is 2. The van der Waals surface area contributed by atoms with Crippen molar-refractivity contribution in [3.8, 4) is 0 Å². The van der Waals surface area contributed by atoms with Crippen LogP contribution in [-0.4, -0.2) is 63.1 Å². The number of amides is 2. The smallest absolute Gasteiger partial charge is 0.269 e. The van der Waals surface area contributed by atoms with Gasteiger partial charge in [0.2, 0.25) is 5.91 Å². The van der Waals surface area contributed by atoms with Crippen molar-refractivity contribution in [1.29, 1.82) is 0 Å². The zero-order valence-electron chi connectivity index (χ0n) is 19.4. The maximum absolute atomic E-state index is 14.2. The Labute approximate surface area is 212 Å². The number of rotatable bonds is 11. The fourth-order valence-electron chi connectivity index (χ4n) is 4.63. The maximum atomic E-state index is 14.2. The maximum Gasteiger partial charge on any atom is 0.269 e. The Morgan fingerprint density at radius 3 is 2.72 bits per heavy atom. The molecule has 4 rings (SSSR count). The first-order valence-electron chi connectivity index (χ1n) is 11.6. The van der Waals surface area contributed by atoms with Gasteiger partial charge in [0, 0.05) is 36.7 Å². The van der Waals surface area contributed by atoms with Crippen molar-refractivity contribution in [1.82, 2.24) is 20.0 Å². The molecule has 1 fully saturated rings. The third-order valence-electron chi connectivity index (χ3n) is 6.54. The number of fused-ring (bicyclic) bond motifs is 1. The van der Waals surface area contributed by atoms with Crippen LogP contribution in [0.1, 0.15) is 28.9 Å². The lowest BCUT2D eigenvalue weighted by atomic mass is 9.79. The number of primary amides is 1. The highest BCUT2D eigenvalue weighted by Crippen LogP contribution is 2.33. The molecular formula is C25H27ClFN5O4. The summed E-state index contributed by atoms with van der Waals surface area (Å²) >= 11 is 5.84. The third kappa shape index (κ3) is 5.25. The molecule has 0 radical (unpaired) electrons. The van der Waals surface area contributed by atoms with Crippen LogP contribution in [0, 0.1) is 11.7 Å². The largest absolute Gasteiger partial charge is 0.396 e. The van der Waals surface area contributed by atoms with Crippen LogP contribution >= 0.6 is 11.6 Å². The average Bonchev–Trinajstić information content (AvgIpc) is 3.20. The van der Waals surface area contributed by atoms with Gasteiger partial charge >= 0.3 is 0 Å². The zero-order chi connectivity index (χ0) is 25.8.